The fraction of sp³-hybridized carbons (Fsp3) is 0.365. The maximum Gasteiger partial charge on any atom is 0.253 e. The fourth-order valence-electron chi connectivity index (χ4n) is 7.99. The molecule has 3 N–H and O–H groups in total. The van der Waals surface area contributed by atoms with Gasteiger partial charge in [-0.2, -0.15) is 0 Å². The molecular weight excluding hydrogens is 892 g/mol. The number of carbonyl (C=O) groups is 3. The van der Waals surface area contributed by atoms with E-state index in [0.717, 1.165) is 75.3 Å². The number of carbonyl (C=O) groups excluding carboxylic acids is 3. The van der Waals surface area contributed by atoms with Crippen LogP contribution in [-0.2, 0) is 15.6 Å². The Kier molecular flexibility index (Phi) is 15.0. The first-order chi connectivity index (χ1) is 30.8. The number of pyridine rings is 2. The lowest BCUT2D eigenvalue weighted by Crippen LogP contribution is -2.46. The minimum Gasteiger partial charge on any atom is -0.353 e. The van der Waals surface area contributed by atoms with Crippen LogP contribution in [0.25, 0.3) is 43.1 Å². The number of benzene rings is 2. The molecule has 0 atom stereocenters. The molecule has 3 amide bonds. The molecule has 0 unspecified atom stereocenters. The van der Waals surface area contributed by atoms with Crippen LogP contribution in [0.4, 0.5) is 0 Å². The summed E-state index contributed by atoms with van der Waals surface area (Å²) in [4.78, 5) is 52.2. The van der Waals surface area contributed by atoms with Crippen molar-refractivity contribution >= 4 is 63.6 Å². The minimum absolute atomic E-state index is 0.00119. The van der Waals surface area contributed by atoms with Crippen molar-refractivity contribution < 1.29 is 14.4 Å². The van der Waals surface area contributed by atoms with Gasteiger partial charge < -0.3 is 20.9 Å². The first kappa shape index (κ1) is 48.0. The summed E-state index contributed by atoms with van der Waals surface area (Å²) in [6.07, 6.45) is 6.96. The minimum atomic E-state index is -0.0256. The van der Waals surface area contributed by atoms with Crippen LogP contribution in [-0.4, -0.2) is 75.8 Å². The zero-order chi connectivity index (χ0) is 46.6. The Balaban J connectivity index is 0.000000195. The summed E-state index contributed by atoms with van der Waals surface area (Å²) in [5.41, 5.74) is 15.5. The number of nitrogens with two attached hydrogens (primary N) is 1. The molecule has 6 aromatic rings. The number of halogens is 2. The number of rotatable bonds is 7. The zero-order valence-electron chi connectivity index (χ0n) is 38.2. The standard InChI is InChI=1S/C27H30ClN3O2S.C25H28ClN3OS/c1-17(32)30-21-8-11-31(12-9-21)26(33)19-5-6-22(23(28)13-19)20-14-24(34-16-20)18-7-10-29-25(15-18)27(2,3)4;1-25(2,3)23-14-16(6-9-28-23)22-13-18(15-31-22)20-5-4-17(12-21(20)26)24(30)29-10-7-19(27)8-11-29/h5-7,10,13-16,21H,8-9,11-12H2,1-4H3,(H,30,32);4-6,9,12-15,19H,7-8,10-11,27H2,1-3H3. The molecule has 0 bridgehead atoms. The van der Waals surface area contributed by atoms with Crippen LogP contribution in [0.3, 0.4) is 0 Å². The molecule has 0 saturated carbocycles. The predicted molar refractivity (Wildman–Crippen MR) is 269 cm³/mol. The third-order valence-corrected chi connectivity index (χ3v) is 14.5. The molecule has 8 rings (SSSR count). The summed E-state index contributed by atoms with van der Waals surface area (Å²) in [6, 6.07) is 24.2. The molecular formula is C52H58Cl2N6O3S2. The van der Waals surface area contributed by atoms with Gasteiger partial charge in [0.15, 0.2) is 0 Å². The van der Waals surface area contributed by atoms with Crippen LogP contribution >= 0.6 is 45.9 Å². The molecule has 2 aliphatic rings. The van der Waals surface area contributed by atoms with E-state index in [1.807, 2.05) is 58.6 Å². The van der Waals surface area contributed by atoms with Gasteiger partial charge >= 0.3 is 0 Å². The average Bonchev–Trinajstić information content (AvgIpc) is 3.98. The first-order valence-corrected chi connectivity index (χ1v) is 24.7. The van der Waals surface area contributed by atoms with Gasteiger partial charge in [0.25, 0.3) is 11.8 Å². The van der Waals surface area contributed by atoms with Crippen LogP contribution in [0.15, 0.2) is 96.0 Å². The van der Waals surface area contributed by atoms with Gasteiger partial charge in [-0.15, -0.1) is 22.7 Å². The maximum absolute atomic E-state index is 13.0. The van der Waals surface area contributed by atoms with Crippen molar-refractivity contribution in [1.29, 1.82) is 0 Å². The van der Waals surface area contributed by atoms with Gasteiger partial charge in [-0.25, -0.2) is 0 Å². The van der Waals surface area contributed by atoms with Crippen molar-refractivity contribution in [1.82, 2.24) is 25.1 Å². The van der Waals surface area contributed by atoms with Gasteiger partial charge in [0.1, 0.15) is 0 Å². The molecule has 2 aromatic carbocycles. The summed E-state index contributed by atoms with van der Waals surface area (Å²) in [5.74, 6) is -0.0209. The van der Waals surface area contributed by atoms with Gasteiger partial charge in [0.05, 0.1) is 0 Å². The smallest absolute Gasteiger partial charge is 0.253 e. The third kappa shape index (κ3) is 11.9. The van der Waals surface area contributed by atoms with E-state index in [9.17, 15) is 14.4 Å². The summed E-state index contributed by atoms with van der Waals surface area (Å²) in [5, 5.41) is 8.31. The second-order valence-corrected chi connectivity index (χ2v) is 21.7. The number of hydrogen-bond donors (Lipinski definition) is 2. The number of hydrogen-bond acceptors (Lipinski definition) is 8. The van der Waals surface area contributed by atoms with E-state index >= 15 is 0 Å². The van der Waals surface area contributed by atoms with Gasteiger partial charge in [-0.1, -0.05) is 76.9 Å². The van der Waals surface area contributed by atoms with Crippen molar-refractivity contribution in [2.24, 2.45) is 5.73 Å². The second kappa shape index (κ2) is 20.3. The lowest BCUT2D eigenvalue weighted by Gasteiger charge is -2.32. The van der Waals surface area contributed by atoms with Gasteiger partial charge in [-0.05, 0) is 119 Å². The quantitative estimate of drug-likeness (QED) is 0.164. The molecule has 2 fully saturated rings. The maximum atomic E-state index is 13.0. The van der Waals surface area contributed by atoms with Gasteiger partial charge in [-0.3, -0.25) is 24.4 Å². The normalized spacial score (nSPS) is 15.0. The molecule has 4 aromatic heterocycles. The van der Waals surface area contributed by atoms with Gasteiger partial charge in [0, 0.05) is 122 Å². The monoisotopic (exact) mass is 948 g/mol. The number of nitrogens with zero attached hydrogens (tertiary/aromatic N) is 4. The molecule has 2 saturated heterocycles. The summed E-state index contributed by atoms with van der Waals surface area (Å²) in [7, 11) is 0. The molecule has 2 aliphatic heterocycles. The van der Waals surface area contributed by atoms with Crippen LogP contribution in [0, 0.1) is 0 Å². The van der Waals surface area contributed by atoms with Crippen molar-refractivity contribution in [2.75, 3.05) is 26.2 Å². The van der Waals surface area contributed by atoms with E-state index in [1.165, 1.54) is 11.8 Å². The number of likely N-dealkylation sites (tertiary alicyclic amines) is 2. The SMILES string of the molecule is CC(=O)NC1CCN(C(=O)c2ccc(-c3csc(-c4ccnc(C(C)(C)C)c4)c3)c(Cl)c2)CC1.CC(C)(C)c1cc(-c2cc(-c3ccc(C(=O)N4CCC(N)CC4)cc3Cl)cs2)ccn1. The Morgan fingerprint density at radius 1 is 0.615 bits per heavy atom. The molecule has 0 radical (unpaired) electrons. The number of piperidine rings is 2. The third-order valence-electron chi connectivity index (χ3n) is 11.9. The highest BCUT2D eigenvalue weighted by molar-refractivity contribution is 7.14. The van der Waals surface area contributed by atoms with Crippen LogP contribution < -0.4 is 11.1 Å². The van der Waals surface area contributed by atoms with E-state index in [0.29, 0.717) is 47.4 Å². The van der Waals surface area contributed by atoms with E-state index in [-0.39, 0.29) is 40.6 Å². The molecule has 9 nitrogen and oxygen atoms in total. The predicted octanol–water partition coefficient (Wildman–Crippen LogP) is 12.2. The van der Waals surface area contributed by atoms with Crippen molar-refractivity contribution in [2.45, 2.75) is 97.1 Å². The lowest BCUT2D eigenvalue weighted by molar-refractivity contribution is -0.119. The van der Waals surface area contributed by atoms with Crippen molar-refractivity contribution in [3.8, 4) is 43.1 Å². The molecule has 6 heterocycles. The highest BCUT2D eigenvalue weighted by Gasteiger charge is 2.26. The molecule has 65 heavy (non-hydrogen) atoms. The Morgan fingerprint density at radius 2 is 1.03 bits per heavy atom. The molecule has 340 valence electrons. The Bertz CT molecular complexity index is 2670. The Morgan fingerprint density at radius 3 is 1.42 bits per heavy atom. The number of aromatic nitrogens is 2. The van der Waals surface area contributed by atoms with Crippen LogP contribution in [0.1, 0.15) is 106 Å². The Labute approximate surface area is 401 Å². The largest absolute Gasteiger partial charge is 0.353 e. The number of thiophene rings is 2. The molecule has 0 aliphatic carbocycles. The zero-order valence-corrected chi connectivity index (χ0v) is 41.4. The van der Waals surface area contributed by atoms with E-state index in [2.05, 4.69) is 91.9 Å². The summed E-state index contributed by atoms with van der Waals surface area (Å²) in [6.45, 7) is 17.2. The summed E-state index contributed by atoms with van der Waals surface area (Å²) < 4.78 is 0. The van der Waals surface area contributed by atoms with Crippen molar-refractivity contribution in [3.63, 3.8) is 0 Å². The van der Waals surface area contributed by atoms with E-state index in [4.69, 9.17) is 28.9 Å². The average molecular weight is 950 g/mol. The fourth-order valence-corrected chi connectivity index (χ4v) is 10.4. The van der Waals surface area contributed by atoms with Gasteiger partial charge in [0.2, 0.25) is 5.91 Å². The molecule has 0 spiro atoms. The molecule has 13 heteroatoms. The van der Waals surface area contributed by atoms with E-state index < -0.39 is 0 Å². The number of nitrogens with one attached hydrogen (secondary N) is 1. The topological polar surface area (TPSA) is 122 Å². The highest BCUT2D eigenvalue weighted by atomic mass is 35.5. The highest BCUT2D eigenvalue weighted by Crippen LogP contribution is 2.39. The van der Waals surface area contributed by atoms with Crippen LogP contribution in [0.5, 0.6) is 0 Å². The van der Waals surface area contributed by atoms with Crippen molar-refractivity contribution in [3.05, 3.63) is 129 Å². The first-order valence-electron chi connectivity index (χ1n) is 22.2. The van der Waals surface area contributed by atoms with Crippen LogP contribution in [0.2, 0.25) is 10.0 Å². The lowest BCUT2D eigenvalue weighted by atomic mass is 9.90. The summed E-state index contributed by atoms with van der Waals surface area (Å²) >= 11 is 16.6. The second-order valence-electron chi connectivity index (χ2n) is 19.0. The number of amides is 3. The van der Waals surface area contributed by atoms with E-state index in [1.54, 1.807) is 34.8 Å². The Hall–Kier alpha value is -4.91.